The molecule has 134 valence electrons. The standard InChI is InChI=1S/C15H14Br2N2O5S/c1-14(2)10(18-12(21)15(16,17)13(18)25-14)11(20)24-7-8-3-5-9(6-4-8)19(22)23/h3-6,10,13H,7H2,1-2H3. The Kier molecular flexibility index (Phi) is 4.66. The molecule has 0 aromatic heterocycles. The van der Waals surface area contributed by atoms with Crippen LogP contribution in [0, 0.1) is 10.1 Å². The number of carbonyl (C=O) groups is 2. The molecule has 2 fully saturated rings. The maximum atomic E-state index is 12.6. The monoisotopic (exact) mass is 492 g/mol. The lowest BCUT2D eigenvalue weighted by Gasteiger charge is -2.46. The van der Waals surface area contributed by atoms with E-state index in [0.29, 0.717) is 5.56 Å². The molecule has 0 aliphatic carbocycles. The summed E-state index contributed by atoms with van der Waals surface area (Å²) >= 11 is 8.24. The van der Waals surface area contributed by atoms with Crippen LogP contribution in [-0.4, -0.2) is 41.1 Å². The molecule has 2 aliphatic heterocycles. The molecule has 2 saturated heterocycles. The van der Waals surface area contributed by atoms with Gasteiger partial charge in [-0.05, 0) is 31.5 Å². The minimum atomic E-state index is -0.838. The van der Waals surface area contributed by atoms with Crippen LogP contribution in [0.2, 0.25) is 0 Å². The molecule has 25 heavy (non-hydrogen) atoms. The van der Waals surface area contributed by atoms with Gasteiger partial charge in [0.2, 0.25) is 0 Å². The van der Waals surface area contributed by atoms with E-state index in [2.05, 4.69) is 31.9 Å². The van der Waals surface area contributed by atoms with E-state index in [-0.39, 0.29) is 23.6 Å². The summed E-state index contributed by atoms with van der Waals surface area (Å²) in [4.78, 5) is 36.6. The zero-order chi connectivity index (χ0) is 18.6. The summed E-state index contributed by atoms with van der Waals surface area (Å²) < 4.78 is 4.04. The number of hydrogen-bond donors (Lipinski definition) is 0. The van der Waals surface area contributed by atoms with Gasteiger partial charge in [0.1, 0.15) is 18.0 Å². The summed E-state index contributed by atoms with van der Waals surface area (Å²) in [6.07, 6.45) is 0. The van der Waals surface area contributed by atoms with Crippen molar-refractivity contribution >= 4 is 61.2 Å². The Morgan fingerprint density at radius 2 is 1.96 bits per heavy atom. The van der Waals surface area contributed by atoms with E-state index in [0.717, 1.165) is 0 Å². The van der Waals surface area contributed by atoms with Crippen molar-refractivity contribution in [2.45, 2.75) is 39.9 Å². The van der Waals surface area contributed by atoms with Crippen molar-refractivity contribution in [1.29, 1.82) is 0 Å². The van der Waals surface area contributed by atoms with Gasteiger partial charge in [0.15, 0.2) is 3.23 Å². The second-order valence-electron chi connectivity index (χ2n) is 6.34. The maximum Gasteiger partial charge on any atom is 0.330 e. The number of fused-ring (bicyclic) bond motifs is 1. The van der Waals surface area contributed by atoms with Crippen molar-refractivity contribution < 1.29 is 19.2 Å². The van der Waals surface area contributed by atoms with Gasteiger partial charge in [-0.3, -0.25) is 14.9 Å². The molecule has 7 nitrogen and oxygen atoms in total. The number of non-ortho nitro benzene ring substituents is 1. The number of rotatable bonds is 4. The fourth-order valence-electron chi connectivity index (χ4n) is 2.91. The number of nitro groups is 1. The van der Waals surface area contributed by atoms with Crippen LogP contribution in [0.5, 0.6) is 0 Å². The Morgan fingerprint density at radius 3 is 2.52 bits per heavy atom. The number of carbonyl (C=O) groups excluding carboxylic acids is 2. The smallest absolute Gasteiger partial charge is 0.330 e. The Balaban J connectivity index is 1.69. The topological polar surface area (TPSA) is 89.8 Å². The van der Waals surface area contributed by atoms with E-state index >= 15 is 0 Å². The number of nitro benzene ring substituents is 1. The zero-order valence-electron chi connectivity index (χ0n) is 13.3. The third-order valence-electron chi connectivity index (χ3n) is 4.19. The molecule has 0 spiro atoms. The van der Waals surface area contributed by atoms with Crippen molar-refractivity contribution in [2.75, 3.05) is 0 Å². The number of thioether (sulfide) groups is 1. The first-order valence-electron chi connectivity index (χ1n) is 7.34. The SMILES string of the molecule is CC1(C)SC2N(C(=O)C2(Br)Br)C1C(=O)OCc1ccc([N+](=O)[O-])cc1. The molecule has 1 aromatic rings. The molecule has 10 heteroatoms. The molecule has 1 aromatic carbocycles. The number of hydrogen-bond acceptors (Lipinski definition) is 6. The molecule has 0 N–H and O–H groups in total. The number of esters is 1. The van der Waals surface area contributed by atoms with Gasteiger partial charge in [-0.25, -0.2) is 4.79 Å². The molecule has 1 amide bonds. The van der Waals surface area contributed by atoms with Crippen LogP contribution in [-0.2, 0) is 20.9 Å². The number of halogens is 2. The normalized spacial score (nSPS) is 25.9. The summed E-state index contributed by atoms with van der Waals surface area (Å²) in [5.74, 6) is -0.685. The van der Waals surface area contributed by atoms with E-state index in [4.69, 9.17) is 4.74 Å². The van der Waals surface area contributed by atoms with Gasteiger partial charge in [0.05, 0.1) is 4.92 Å². The zero-order valence-corrected chi connectivity index (χ0v) is 17.3. The molecular formula is C15H14Br2N2O5S. The molecule has 2 unspecified atom stereocenters. The Hall–Kier alpha value is -1.13. The average molecular weight is 494 g/mol. The highest BCUT2D eigenvalue weighted by Crippen LogP contribution is 2.60. The van der Waals surface area contributed by atoms with E-state index in [9.17, 15) is 19.7 Å². The van der Waals surface area contributed by atoms with Gasteiger partial charge in [0, 0.05) is 16.9 Å². The van der Waals surface area contributed by atoms with Gasteiger partial charge in [0.25, 0.3) is 11.6 Å². The number of amides is 1. The van der Waals surface area contributed by atoms with Gasteiger partial charge in [-0.15, -0.1) is 11.8 Å². The molecule has 2 aliphatic rings. The van der Waals surface area contributed by atoms with E-state index in [1.807, 2.05) is 13.8 Å². The summed E-state index contributed by atoms with van der Waals surface area (Å²) in [5.41, 5.74) is 0.618. The quantitative estimate of drug-likeness (QED) is 0.210. The first-order chi connectivity index (χ1) is 11.6. The van der Waals surface area contributed by atoms with Crippen LogP contribution in [0.15, 0.2) is 24.3 Å². The van der Waals surface area contributed by atoms with E-state index < -0.39 is 24.9 Å². The minimum absolute atomic E-state index is 0.00542. The highest BCUT2D eigenvalue weighted by molar-refractivity contribution is 9.26. The molecule has 0 bridgehead atoms. The predicted molar refractivity (Wildman–Crippen MR) is 99.6 cm³/mol. The third-order valence-corrected chi connectivity index (χ3v) is 7.97. The molecule has 2 atom stereocenters. The van der Waals surface area contributed by atoms with E-state index in [1.165, 1.54) is 28.8 Å². The summed E-state index contributed by atoms with van der Waals surface area (Å²) in [7, 11) is 0. The number of ether oxygens (including phenoxy) is 1. The van der Waals surface area contributed by atoms with Crippen molar-refractivity contribution in [3.63, 3.8) is 0 Å². The molecule has 0 saturated carbocycles. The van der Waals surface area contributed by atoms with Crippen LogP contribution < -0.4 is 0 Å². The second-order valence-corrected chi connectivity index (χ2v) is 11.6. The van der Waals surface area contributed by atoms with Crippen LogP contribution >= 0.6 is 43.6 Å². The van der Waals surface area contributed by atoms with Crippen LogP contribution in [0.25, 0.3) is 0 Å². The third kappa shape index (κ3) is 3.08. The largest absolute Gasteiger partial charge is 0.459 e. The fourth-order valence-corrected chi connectivity index (χ4v) is 5.81. The van der Waals surface area contributed by atoms with Crippen LogP contribution in [0.3, 0.4) is 0 Å². The predicted octanol–water partition coefficient (Wildman–Crippen LogP) is 3.19. The number of β-lactam (4-membered cyclic amide) rings is 1. The Bertz CT molecular complexity index is 753. The van der Waals surface area contributed by atoms with Crippen molar-refractivity contribution in [1.82, 2.24) is 4.90 Å². The highest BCUT2D eigenvalue weighted by Gasteiger charge is 2.70. The lowest BCUT2D eigenvalue weighted by Crippen LogP contribution is -2.68. The van der Waals surface area contributed by atoms with Gasteiger partial charge in [-0.1, -0.05) is 31.9 Å². The maximum absolute atomic E-state index is 12.6. The van der Waals surface area contributed by atoms with Gasteiger partial charge >= 0.3 is 5.97 Å². The minimum Gasteiger partial charge on any atom is -0.459 e. The first kappa shape index (κ1) is 18.7. The number of alkyl halides is 2. The Morgan fingerprint density at radius 1 is 1.36 bits per heavy atom. The van der Waals surface area contributed by atoms with Crippen molar-refractivity contribution in [3.05, 3.63) is 39.9 Å². The van der Waals surface area contributed by atoms with Crippen molar-refractivity contribution in [2.24, 2.45) is 0 Å². The molecule has 3 rings (SSSR count). The molecule has 2 heterocycles. The summed E-state index contributed by atoms with van der Waals surface area (Å²) in [5, 5.41) is 10.5. The van der Waals surface area contributed by atoms with Gasteiger partial charge in [-0.2, -0.15) is 0 Å². The second kappa shape index (κ2) is 6.24. The molecular weight excluding hydrogens is 480 g/mol. The lowest BCUT2D eigenvalue weighted by atomic mass is 9.98. The summed E-state index contributed by atoms with van der Waals surface area (Å²) in [6, 6.07) is 5.12. The first-order valence-corrected chi connectivity index (χ1v) is 9.80. The Labute approximate surface area is 164 Å². The van der Waals surface area contributed by atoms with Crippen molar-refractivity contribution in [3.8, 4) is 0 Å². The van der Waals surface area contributed by atoms with E-state index in [1.54, 1.807) is 12.1 Å². The lowest BCUT2D eigenvalue weighted by molar-refractivity contribution is -0.384. The number of nitrogens with zero attached hydrogens (tertiary/aromatic N) is 2. The fraction of sp³-hybridized carbons (Fsp3) is 0.467. The molecule has 0 radical (unpaired) electrons. The highest BCUT2D eigenvalue weighted by atomic mass is 79.9. The van der Waals surface area contributed by atoms with Crippen LogP contribution in [0.4, 0.5) is 5.69 Å². The number of benzene rings is 1. The van der Waals surface area contributed by atoms with Gasteiger partial charge < -0.3 is 9.64 Å². The van der Waals surface area contributed by atoms with Crippen LogP contribution in [0.1, 0.15) is 19.4 Å². The average Bonchev–Trinajstić information content (AvgIpc) is 2.83. The summed E-state index contributed by atoms with van der Waals surface area (Å²) in [6.45, 7) is 3.79.